The van der Waals surface area contributed by atoms with Crippen LogP contribution in [0, 0.1) is 13.8 Å². The first-order valence-corrected chi connectivity index (χ1v) is 10.0. The first-order chi connectivity index (χ1) is 12.3. The largest absolute Gasteiger partial charge is 0.490 e. The number of hydrogen-bond donors (Lipinski definition) is 1. The van der Waals surface area contributed by atoms with E-state index in [-0.39, 0.29) is 12.0 Å². The summed E-state index contributed by atoms with van der Waals surface area (Å²) in [5, 5.41) is 3.06. The van der Waals surface area contributed by atoms with E-state index < -0.39 is 5.60 Å². The van der Waals surface area contributed by atoms with Crippen LogP contribution in [0.15, 0.2) is 12.1 Å². The quantitative estimate of drug-likeness (QED) is 0.541. The lowest BCUT2D eigenvalue weighted by Crippen LogP contribution is -2.43. The van der Waals surface area contributed by atoms with Crippen LogP contribution in [0.2, 0.25) is 0 Å². The second kappa shape index (κ2) is 10.6. The van der Waals surface area contributed by atoms with Gasteiger partial charge in [-0.05, 0) is 70.2 Å². The molecule has 0 saturated carbocycles. The molecule has 0 fully saturated rings. The average Bonchev–Trinajstić information content (AvgIpc) is 2.60. The van der Waals surface area contributed by atoms with E-state index >= 15 is 0 Å². The van der Waals surface area contributed by atoms with E-state index in [1.165, 1.54) is 0 Å². The summed E-state index contributed by atoms with van der Waals surface area (Å²) in [5.41, 5.74) is 2.07. The van der Waals surface area contributed by atoms with E-state index in [1.807, 2.05) is 32.9 Å². The highest BCUT2D eigenvalue weighted by Crippen LogP contribution is 2.30. The molecule has 1 aromatic carbocycles. The molecule has 2 atom stereocenters. The summed E-state index contributed by atoms with van der Waals surface area (Å²) in [4.78, 5) is 12.9. The predicted molar refractivity (Wildman–Crippen MR) is 109 cm³/mol. The van der Waals surface area contributed by atoms with E-state index in [2.05, 4.69) is 33.0 Å². The Balaban J connectivity index is 2.96. The number of hydrogen-bond acceptors (Lipinski definition) is 3. The maximum Gasteiger partial charge on any atom is 0.256 e. The van der Waals surface area contributed by atoms with Crippen LogP contribution in [0.1, 0.15) is 77.8 Å². The Morgan fingerprint density at radius 3 is 2.27 bits per heavy atom. The molecule has 0 radical (unpaired) electrons. The van der Waals surface area contributed by atoms with Crippen molar-refractivity contribution in [2.45, 2.75) is 92.3 Å². The molecular formula is C22H37NO3. The molecule has 0 unspecified atom stereocenters. The molecule has 0 aliphatic carbocycles. The van der Waals surface area contributed by atoms with E-state index in [0.717, 1.165) is 54.7 Å². The van der Waals surface area contributed by atoms with Crippen LogP contribution in [0.3, 0.4) is 0 Å². The Bertz CT molecular complexity index is 552. The molecule has 1 rings (SSSR count). The number of unbranched alkanes of at least 4 members (excludes halogenated alkanes) is 1. The number of rotatable bonds is 11. The molecule has 0 aromatic heterocycles. The molecule has 0 spiro atoms. The van der Waals surface area contributed by atoms with Crippen molar-refractivity contribution in [3.05, 3.63) is 23.3 Å². The van der Waals surface area contributed by atoms with Crippen molar-refractivity contribution < 1.29 is 14.3 Å². The van der Waals surface area contributed by atoms with Gasteiger partial charge >= 0.3 is 0 Å². The van der Waals surface area contributed by atoms with Gasteiger partial charge in [0.05, 0.1) is 6.10 Å². The lowest BCUT2D eigenvalue weighted by Gasteiger charge is -2.29. The van der Waals surface area contributed by atoms with Crippen molar-refractivity contribution in [3.8, 4) is 5.75 Å². The molecule has 148 valence electrons. The molecular weight excluding hydrogens is 326 g/mol. The molecule has 4 nitrogen and oxygen atoms in total. The van der Waals surface area contributed by atoms with Crippen LogP contribution in [0.4, 0.5) is 5.69 Å². The SMILES string of the molecule is CCCC[C@@](C)(OCCC)C(=O)Nc1cc(C)c(O[C@@H](C)CC)c(C)c1. The second-order valence-electron chi connectivity index (χ2n) is 7.41. The normalized spacial score (nSPS) is 14.6. The highest BCUT2D eigenvalue weighted by molar-refractivity contribution is 5.97. The van der Waals surface area contributed by atoms with Crippen molar-refractivity contribution in [2.75, 3.05) is 11.9 Å². The van der Waals surface area contributed by atoms with Crippen LogP contribution in [0.25, 0.3) is 0 Å². The zero-order valence-corrected chi connectivity index (χ0v) is 17.7. The zero-order chi connectivity index (χ0) is 19.7. The third-order valence-electron chi connectivity index (χ3n) is 4.72. The van der Waals surface area contributed by atoms with Crippen molar-refractivity contribution >= 4 is 11.6 Å². The summed E-state index contributed by atoms with van der Waals surface area (Å²) < 4.78 is 12.0. The number of amides is 1. The lowest BCUT2D eigenvalue weighted by atomic mass is 9.97. The Labute approximate surface area is 159 Å². The zero-order valence-electron chi connectivity index (χ0n) is 17.7. The maximum absolute atomic E-state index is 12.9. The lowest BCUT2D eigenvalue weighted by molar-refractivity contribution is -0.140. The number of nitrogens with one attached hydrogen (secondary N) is 1. The van der Waals surface area contributed by atoms with Crippen LogP contribution in [-0.4, -0.2) is 24.2 Å². The molecule has 0 bridgehead atoms. The number of aryl methyl sites for hydroxylation is 2. The molecule has 26 heavy (non-hydrogen) atoms. The summed E-state index contributed by atoms with van der Waals surface area (Å²) in [6.07, 6.45) is 4.76. The number of anilines is 1. The van der Waals surface area contributed by atoms with Gasteiger partial charge in [-0.1, -0.05) is 33.6 Å². The summed E-state index contributed by atoms with van der Waals surface area (Å²) in [6, 6.07) is 3.95. The van der Waals surface area contributed by atoms with Gasteiger partial charge in [-0.3, -0.25) is 4.79 Å². The third kappa shape index (κ3) is 6.31. The average molecular weight is 364 g/mol. The molecule has 1 amide bonds. The molecule has 1 N–H and O–H groups in total. The summed E-state index contributed by atoms with van der Waals surface area (Å²) in [7, 11) is 0. The first-order valence-electron chi connectivity index (χ1n) is 10.0. The van der Waals surface area contributed by atoms with E-state index in [1.54, 1.807) is 0 Å². The van der Waals surface area contributed by atoms with Crippen molar-refractivity contribution in [1.82, 2.24) is 0 Å². The minimum atomic E-state index is -0.792. The van der Waals surface area contributed by atoms with Gasteiger partial charge in [0.25, 0.3) is 5.91 Å². The monoisotopic (exact) mass is 363 g/mol. The minimum absolute atomic E-state index is 0.0752. The number of carbonyl (C=O) groups excluding carboxylic acids is 1. The first kappa shape index (κ1) is 22.5. The van der Waals surface area contributed by atoms with Gasteiger partial charge in [-0.2, -0.15) is 0 Å². The molecule has 1 aromatic rings. The number of carbonyl (C=O) groups is 1. The number of benzene rings is 1. The van der Waals surface area contributed by atoms with Gasteiger partial charge < -0.3 is 14.8 Å². The second-order valence-corrected chi connectivity index (χ2v) is 7.41. The molecule has 0 saturated heterocycles. The van der Waals surface area contributed by atoms with Gasteiger partial charge in [0.15, 0.2) is 0 Å². The molecule has 4 heteroatoms. The Hall–Kier alpha value is -1.55. The van der Waals surface area contributed by atoms with E-state index in [9.17, 15) is 4.79 Å². The van der Waals surface area contributed by atoms with Gasteiger partial charge in [0.2, 0.25) is 0 Å². The van der Waals surface area contributed by atoms with Crippen molar-refractivity contribution in [2.24, 2.45) is 0 Å². The third-order valence-corrected chi connectivity index (χ3v) is 4.72. The highest BCUT2D eigenvalue weighted by atomic mass is 16.5. The summed E-state index contributed by atoms with van der Waals surface area (Å²) in [5.74, 6) is 0.835. The van der Waals surface area contributed by atoms with Crippen molar-refractivity contribution in [3.63, 3.8) is 0 Å². The van der Waals surface area contributed by atoms with Crippen LogP contribution < -0.4 is 10.1 Å². The Morgan fingerprint density at radius 1 is 1.15 bits per heavy atom. The summed E-state index contributed by atoms with van der Waals surface area (Å²) in [6.45, 7) is 14.9. The molecule has 0 aliphatic rings. The van der Waals surface area contributed by atoms with Crippen LogP contribution in [-0.2, 0) is 9.53 Å². The fourth-order valence-electron chi connectivity index (χ4n) is 2.85. The van der Waals surface area contributed by atoms with E-state index in [4.69, 9.17) is 9.47 Å². The van der Waals surface area contributed by atoms with Gasteiger partial charge in [-0.25, -0.2) is 0 Å². The van der Waals surface area contributed by atoms with Gasteiger partial charge in [0, 0.05) is 12.3 Å². The summed E-state index contributed by atoms with van der Waals surface area (Å²) >= 11 is 0. The standard InChI is InChI=1S/C22H37NO3/c1-8-11-12-22(7,25-13-9-2)21(24)23-19-14-16(4)20(17(5)15-19)26-18(6)10-3/h14-15,18H,8-13H2,1-7H3,(H,23,24)/t18-,22+/m0/s1. The maximum atomic E-state index is 12.9. The van der Waals surface area contributed by atoms with Crippen LogP contribution in [0.5, 0.6) is 5.75 Å². The minimum Gasteiger partial charge on any atom is -0.490 e. The smallest absolute Gasteiger partial charge is 0.256 e. The molecule has 0 aliphatic heterocycles. The van der Waals surface area contributed by atoms with Gasteiger partial charge in [-0.15, -0.1) is 0 Å². The topological polar surface area (TPSA) is 47.6 Å². The Kier molecular flexibility index (Phi) is 9.14. The predicted octanol–water partition coefficient (Wildman–Crippen LogP) is 5.79. The highest BCUT2D eigenvalue weighted by Gasteiger charge is 2.33. The van der Waals surface area contributed by atoms with Crippen LogP contribution >= 0.6 is 0 Å². The fraction of sp³-hybridized carbons (Fsp3) is 0.682. The van der Waals surface area contributed by atoms with E-state index in [0.29, 0.717) is 6.61 Å². The Morgan fingerprint density at radius 2 is 1.77 bits per heavy atom. The van der Waals surface area contributed by atoms with Gasteiger partial charge in [0.1, 0.15) is 11.4 Å². The number of ether oxygens (including phenoxy) is 2. The fourth-order valence-corrected chi connectivity index (χ4v) is 2.85. The molecule has 0 heterocycles. The van der Waals surface area contributed by atoms with Crippen molar-refractivity contribution in [1.29, 1.82) is 0 Å².